The molecule has 0 fully saturated rings. The lowest BCUT2D eigenvalue weighted by Crippen LogP contribution is -2.25. The predicted octanol–water partition coefficient (Wildman–Crippen LogP) is 6.35. The third kappa shape index (κ3) is 8.25. The van der Waals surface area contributed by atoms with E-state index in [0.29, 0.717) is 0 Å². The van der Waals surface area contributed by atoms with Crippen molar-refractivity contribution in [2.45, 2.75) is 52.4 Å². The fourth-order valence-electron chi connectivity index (χ4n) is 3.10. The lowest BCUT2D eigenvalue weighted by Gasteiger charge is -2.25. The number of anilines is 1. The van der Waals surface area contributed by atoms with E-state index in [1.807, 2.05) is 41.4 Å². The predicted molar refractivity (Wildman–Crippen MR) is 119 cm³/mol. The Morgan fingerprint density at radius 3 is 2.00 bits per heavy atom. The van der Waals surface area contributed by atoms with E-state index in [0.717, 1.165) is 0 Å². The maximum Gasteiger partial charge on any atom is 0.174 e. The summed E-state index contributed by atoms with van der Waals surface area (Å²) in [6.07, 6.45) is 20.2. The zero-order chi connectivity index (χ0) is 19.2. The zero-order valence-corrected chi connectivity index (χ0v) is 17.1. The number of rotatable bonds is 12. The highest BCUT2D eigenvalue weighted by Crippen LogP contribution is 2.18. The van der Waals surface area contributed by atoms with Gasteiger partial charge in [0.2, 0.25) is 0 Å². The van der Waals surface area contributed by atoms with Crippen molar-refractivity contribution >= 4 is 18.0 Å². The van der Waals surface area contributed by atoms with Crippen LogP contribution in [0.4, 0.5) is 5.69 Å². The molecule has 0 aliphatic carbocycles. The lowest BCUT2D eigenvalue weighted by molar-refractivity contribution is -0.568. The highest BCUT2D eigenvalue weighted by atomic mass is 15.1. The molecule has 2 rings (SSSR count). The Morgan fingerprint density at radius 1 is 0.778 bits per heavy atom. The van der Waals surface area contributed by atoms with Crippen molar-refractivity contribution in [2.75, 3.05) is 18.0 Å². The van der Waals surface area contributed by atoms with Crippen LogP contribution in [0.25, 0.3) is 12.3 Å². The van der Waals surface area contributed by atoms with Crippen LogP contribution in [-0.4, -0.2) is 13.1 Å². The summed E-state index contributed by atoms with van der Waals surface area (Å²) in [4.78, 5) is 2.56. The van der Waals surface area contributed by atoms with Gasteiger partial charge in [-0.1, -0.05) is 69.9 Å². The Hall–Kier alpha value is -2.35. The molecule has 0 bridgehead atoms. The number of pyridine rings is 1. The first-order valence-electron chi connectivity index (χ1n) is 10.5. The van der Waals surface area contributed by atoms with E-state index in [2.05, 4.69) is 61.2 Å². The van der Waals surface area contributed by atoms with E-state index >= 15 is 0 Å². The summed E-state index contributed by atoms with van der Waals surface area (Å²) in [5.74, 6) is 0. The summed E-state index contributed by atoms with van der Waals surface area (Å²) in [7, 11) is 0. The lowest BCUT2D eigenvalue weighted by atomic mass is 10.1. The fraction of sp³-hybridized carbons (Fsp3) is 0.400. The van der Waals surface area contributed by atoms with E-state index < -0.39 is 0 Å². The Kier molecular flexibility index (Phi) is 10.0. The van der Waals surface area contributed by atoms with Gasteiger partial charge in [-0.3, -0.25) is 0 Å². The molecule has 0 saturated carbocycles. The second-order valence-corrected chi connectivity index (χ2v) is 7.02. The molecular formula is C25H35N2+. The third-order valence-corrected chi connectivity index (χ3v) is 4.72. The van der Waals surface area contributed by atoms with Gasteiger partial charge in [0.1, 0.15) is 0 Å². The molecule has 0 aliphatic heterocycles. The van der Waals surface area contributed by atoms with Gasteiger partial charge in [0.25, 0.3) is 0 Å². The average molecular weight is 364 g/mol. The van der Waals surface area contributed by atoms with Crippen molar-refractivity contribution in [1.29, 1.82) is 0 Å². The molecule has 0 radical (unpaired) electrons. The van der Waals surface area contributed by atoms with Crippen molar-refractivity contribution in [3.8, 4) is 0 Å². The molecule has 144 valence electrons. The van der Waals surface area contributed by atoms with E-state index in [1.165, 1.54) is 62.9 Å². The molecule has 0 atom stereocenters. The molecule has 27 heavy (non-hydrogen) atoms. The number of benzene rings is 1. The minimum Gasteiger partial charge on any atom is -0.372 e. The Balaban J connectivity index is 1.93. The number of hydrogen-bond acceptors (Lipinski definition) is 1. The highest BCUT2D eigenvalue weighted by molar-refractivity contribution is 5.57. The van der Waals surface area contributed by atoms with Gasteiger partial charge in [0, 0.05) is 37.0 Å². The molecule has 0 spiro atoms. The van der Waals surface area contributed by atoms with Crippen LogP contribution in [0.1, 0.15) is 57.9 Å². The Bertz CT molecular complexity index is 661. The molecule has 0 aliphatic rings. The van der Waals surface area contributed by atoms with E-state index in [9.17, 15) is 0 Å². The minimum absolute atomic E-state index is 1.17. The van der Waals surface area contributed by atoms with Crippen LogP contribution < -0.4 is 9.47 Å². The molecule has 0 N–H and O–H groups in total. The van der Waals surface area contributed by atoms with Crippen LogP contribution in [0.2, 0.25) is 0 Å². The van der Waals surface area contributed by atoms with Crippen molar-refractivity contribution in [3.63, 3.8) is 0 Å². The second-order valence-electron chi connectivity index (χ2n) is 7.02. The number of aromatic nitrogens is 1. The van der Waals surface area contributed by atoms with Crippen LogP contribution in [0, 0.1) is 0 Å². The number of unbranched alkanes of at least 4 members (excludes halogenated alkanes) is 4. The van der Waals surface area contributed by atoms with E-state index in [4.69, 9.17) is 0 Å². The quantitative estimate of drug-likeness (QED) is 0.242. The van der Waals surface area contributed by atoms with Crippen molar-refractivity contribution in [3.05, 3.63) is 72.6 Å². The smallest absolute Gasteiger partial charge is 0.174 e. The molecule has 0 unspecified atom stereocenters. The maximum atomic E-state index is 2.56. The first-order valence-corrected chi connectivity index (χ1v) is 10.5. The monoisotopic (exact) mass is 363 g/mol. The summed E-state index contributed by atoms with van der Waals surface area (Å²) in [5, 5.41) is 0. The number of nitrogens with zero attached hydrogens (tertiary/aromatic N) is 2. The Morgan fingerprint density at radius 2 is 1.41 bits per heavy atom. The molecule has 0 saturated heterocycles. The van der Waals surface area contributed by atoms with Gasteiger partial charge in [-0.05, 0) is 30.5 Å². The van der Waals surface area contributed by atoms with Gasteiger partial charge in [-0.15, -0.1) is 0 Å². The van der Waals surface area contributed by atoms with Crippen LogP contribution in [0.5, 0.6) is 0 Å². The van der Waals surface area contributed by atoms with Crippen molar-refractivity contribution in [1.82, 2.24) is 0 Å². The molecule has 2 heteroatoms. The largest absolute Gasteiger partial charge is 0.372 e. The van der Waals surface area contributed by atoms with Gasteiger partial charge >= 0.3 is 0 Å². The van der Waals surface area contributed by atoms with Crippen molar-refractivity contribution in [2.24, 2.45) is 0 Å². The molecule has 2 nitrogen and oxygen atoms in total. The second kappa shape index (κ2) is 12.9. The molecule has 1 heterocycles. The standard InChI is InChI=1S/C25H35N2/c1-3-5-9-22-27(23-10-6-4-2)25-17-15-24(16-18-25)14-8-13-21-26-19-11-7-12-20-26/h7-8,11-21H,3-6,9-10,22-23H2,1-2H3/q+1. The molecule has 0 amide bonds. The summed E-state index contributed by atoms with van der Waals surface area (Å²) < 4.78 is 2.04. The van der Waals surface area contributed by atoms with Crippen LogP contribution in [0.15, 0.2) is 67.0 Å². The number of hydrogen-bond donors (Lipinski definition) is 0. The molecule has 1 aromatic heterocycles. The highest BCUT2D eigenvalue weighted by Gasteiger charge is 2.05. The molecule has 1 aromatic carbocycles. The summed E-state index contributed by atoms with van der Waals surface area (Å²) in [6, 6.07) is 15.1. The van der Waals surface area contributed by atoms with Gasteiger partial charge in [0.05, 0.1) is 0 Å². The summed E-state index contributed by atoms with van der Waals surface area (Å²) in [5.41, 5.74) is 2.60. The SMILES string of the molecule is CCCCCN(CCCCC)c1ccc(C=CC=C[n+]2ccccc2)cc1. The van der Waals surface area contributed by atoms with Crippen LogP contribution in [-0.2, 0) is 0 Å². The van der Waals surface area contributed by atoms with E-state index in [1.54, 1.807) is 0 Å². The maximum absolute atomic E-state index is 2.56. The minimum atomic E-state index is 1.17. The summed E-state index contributed by atoms with van der Waals surface area (Å²) in [6.45, 7) is 6.88. The van der Waals surface area contributed by atoms with Gasteiger partial charge in [-0.25, -0.2) is 0 Å². The third-order valence-electron chi connectivity index (χ3n) is 4.72. The van der Waals surface area contributed by atoms with Gasteiger partial charge < -0.3 is 4.90 Å². The fourth-order valence-corrected chi connectivity index (χ4v) is 3.10. The van der Waals surface area contributed by atoms with Gasteiger partial charge in [-0.2, -0.15) is 4.57 Å². The zero-order valence-electron chi connectivity index (χ0n) is 17.1. The normalized spacial score (nSPS) is 11.5. The average Bonchev–Trinajstić information content (AvgIpc) is 2.72. The van der Waals surface area contributed by atoms with Crippen molar-refractivity contribution < 1.29 is 4.57 Å². The molecular weight excluding hydrogens is 328 g/mol. The first-order chi connectivity index (χ1) is 13.3. The van der Waals surface area contributed by atoms with Crippen LogP contribution >= 0.6 is 0 Å². The topological polar surface area (TPSA) is 7.12 Å². The number of allylic oxidation sites excluding steroid dienone is 2. The Labute approximate surface area is 165 Å². The van der Waals surface area contributed by atoms with Gasteiger partial charge in [0.15, 0.2) is 18.6 Å². The summed E-state index contributed by atoms with van der Waals surface area (Å²) >= 11 is 0. The van der Waals surface area contributed by atoms with E-state index in [-0.39, 0.29) is 0 Å². The van der Waals surface area contributed by atoms with Crippen LogP contribution in [0.3, 0.4) is 0 Å². The first kappa shape index (κ1) is 21.0. The molecule has 2 aromatic rings.